The van der Waals surface area contributed by atoms with Crippen LogP contribution in [0.15, 0.2) is 199 Å². The summed E-state index contributed by atoms with van der Waals surface area (Å²) < 4.78 is 9.27. The van der Waals surface area contributed by atoms with E-state index in [1.807, 2.05) is 84.1 Å². The summed E-state index contributed by atoms with van der Waals surface area (Å²) >= 11 is 1.86. The van der Waals surface area contributed by atoms with Crippen LogP contribution >= 0.6 is 11.3 Å². The second-order valence-electron chi connectivity index (χ2n) is 15.0. The number of hydrogen-bond acceptors (Lipinski definition) is 6. The van der Waals surface area contributed by atoms with E-state index in [-0.39, 0.29) is 0 Å². The molecule has 0 radical (unpaired) electrons. The minimum Gasteiger partial charge on any atom is -0.455 e. The van der Waals surface area contributed by atoms with Crippen LogP contribution in [0.2, 0.25) is 0 Å². The molecule has 4 aromatic heterocycles. The second kappa shape index (κ2) is 13.9. The maximum atomic E-state index is 6.65. The highest BCUT2D eigenvalue weighted by Crippen LogP contribution is 2.43. The lowest BCUT2D eigenvalue weighted by atomic mass is 9.96. The minimum absolute atomic E-state index is 0.607. The van der Waals surface area contributed by atoms with Crippen molar-refractivity contribution >= 4 is 64.4 Å². The van der Waals surface area contributed by atoms with Gasteiger partial charge in [-0.05, 0) is 52.6 Å². The molecule has 0 saturated carbocycles. The zero-order chi connectivity index (χ0) is 39.6. The molecule has 0 unspecified atom stereocenters. The van der Waals surface area contributed by atoms with Crippen LogP contribution in [0.1, 0.15) is 0 Å². The minimum atomic E-state index is 0.607. The summed E-state index contributed by atoms with van der Waals surface area (Å²) in [6.07, 6.45) is 0. The Morgan fingerprint density at radius 3 is 1.67 bits per heavy atom. The van der Waals surface area contributed by atoms with E-state index < -0.39 is 0 Å². The second-order valence-corrected chi connectivity index (χ2v) is 16.0. The number of thiophene rings is 1. The average Bonchev–Trinajstić information content (AvgIpc) is 3.91. The van der Waals surface area contributed by atoms with E-state index in [2.05, 4.69) is 121 Å². The zero-order valence-electron chi connectivity index (χ0n) is 32.1. The van der Waals surface area contributed by atoms with Crippen molar-refractivity contribution < 1.29 is 4.42 Å². The van der Waals surface area contributed by atoms with Gasteiger partial charge in [0, 0.05) is 53.2 Å². The average molecular weight is 785 g/mol. The number of rotatable bonds is 6. The number of benzene rings is 8. The molecule has 5 nitrogen and oxygen atoms in total. The molecule has 12 aromatic rings. The summed E-state index contributed by atoms with van der Waals surface area (Å²) in [6, 6.07) is 67.4. The molecular formula is C54H32N4OS. The summed E-state index contributed by atoms with van der Waals surface area (Å²) in [5.74, 6) is 1.87. The number of fused-ring (bicyclic) bond motifs is 8. The lowest BCUT2D eigenvalue weighted by molar-refractivity contribution is 0.672. The van der Waals surface area contributed by atoms with Gasteiger partial charge < -0.3 is 4.42 Å². The molecule has 0 N–H and O–H groups in total. The molecule has 280 valence electrons. The highest BCUT2D eigenvalue weighted by atomic mass is 32.1. The van der Waals surface area contributed by atoms with E-state index in [1.165, 1.54) is 31.3 Å². The van der Waals surface area contributed by atoms with Gasteiger partial charge in [-0.3, -0.25) is 0 Å². The van der Waals surface area contributed by atoms with Gasteiger partial charge in [0.15, 0.2) is 17.5 Å². The molecule has 0 atom stereocenters. The first-order chi connectivity index (χ1) is 29.7. The smallest absolute Gasteiger partial charge is 0.164 e. The molecule has 0 bridgehead atoms. The van der Waals surface area contributed by atoms with Crippen molar-refractivity contribution in [3.8, 4) is 67.7 Å². The first-order valence-electron chi connectivity index (χ1n) is 20.0. The highest BCUT2D eigenvalue weighted by Gasteiger charge is 2.20. The largest absolute Gasteiger partial charge is 0.455 e. The summed E-state index contributed by atoms with van der Waals surface area (Å²) in [4.78, 5) is 20.2. The first-order valence-corrected chi connectivity index (χ1v) is 20.8. The van der Waals surface area contributed by atoms with Gasteiger partial charge >= 0.3 is 0 Å². The van der Waals surface area contributed by atoms with Crippen molar-refractivity contribution in [2.24, 2.45) is 0 Å². The fraction of sp³-hybridized carbons (Fsp3) is 0. The lowest BCUT2D eigenvalue weighted by Crippen LogP contribution is -2.00. The van der Waals surface area contributed by atoms with Crippen LogP contribution in [0.25, 0.3) is 121 Å². The number of hydrogen-bond donors (Lipinski definition) is 0. The number of nitrogens with zero attached hydrogens (tertiary/aromatic N) is 4. The van der Waals surface area contributed by atoms with E-state index in [9.17, 15) is 0 Å². The molecular weight excluding hydrogens is 753 g/mol. The SMILES string of the molecule is c1ccc(-c2nc(-c3ccccc3)nc(-c3ccc(-c4nc5cc(-c6cccc(-c7cccc8c7sc7ccccc78)c6)ccc5c5oc6ccccc6c45)cc3)n2)cc1. The molecule has 4 heterocycles. The molecule has 0 aliphatic carbocycles. The molecule has 0 aliphatic heterocycles. The molecule has 8 aromatic carbocycles. The Balaban J connectivity index is 0.978. The van der Waals surface area contributed by atoms with Crippen LogP contribution in [-0.4, -0.2) is 19.9 Å². The van der Waals surface area contributed by atoms with Crippen molar-refractivity contribution in [2.75, 3.05) is 0 Å². The molecule has 0 fully saturated rings. The molecule has 0 spiro atoms. The number of furan rings is 1. The molecule has 0 saturated heterocycles. The van der Waals surface area contributed by atoms with Crippen LogP contribution in [0.5, 0.6) is 0 Å². The summed E-state index contributed by atoms with van der Waals surface area (Å²) in [5, 5.41) is 5.61. The van der Waals surface area contributed by atoms with Crippen LogP contribution in [0, 0.1) is 0 Å². The zero-order valence-corrected chi connectivity index (χ0v) is 32.9. The predicted molar refractivity (Wildman–Crippen MR) is 248 cm³/mol. The Bertz CT molecular complexity index is 3540. The van der Waals surface area contributed by atoms with Gasteiger partial charge in [-0.15, -0.1) is 11.3 Å². The third-order valence-electron chi connectivity index (χ3n) is 11.3. The fourth-order valence-electron chi connectivity index (χ4n) is 8.41. The number of pyridine rings is 1. The van der Waals surface area contributed by atoms with Crippen molar-refractivity contribution in [3.63, 3.8) is 0 Å². The Morgan fingerprint density at radius 1 is 0.367 bits per heavy atom. The summed E-state index contributed by atoms with van der Waals surface area (Å²) in [7, 11) is 0. The van der Waals surface area contributed by atoms with Crippen molar-refractivity contribution in [1.82, 2.24) is 19.9 Å². The van der Waals surface area contributed by atoms with Crippen LogP contribution in [0.3, 0.4) is 0 Å². The number of aromatic nitrogens is 4. The first kappa shape index (κ1) is 34.3. The molecule has 60 heavy (non-hydrogen) atoms. The van der Waals surface area contributed by atoms with E-state index in [4.69, 9.17) is 24.4 Å². The Morgan fingerprint density at radius 2 is 0.917 bits per heavy atom. The Labute approximate surface area is 348 Å². The topological polar surface area (TPSA) is 64.7 Å². The van der Waals surface area contributed by atoms with Crippen LogP contribution in [0.4, 0.5) is 0 Å². The van der Waals surface area contributed by atoms with E-state index in [0.717, 1.165) is 71.9 Å². The van der Waals surface area contributed by atoms with E-state index in [0.29, 0.717) is 17.5 Å². The molecule has 0 aliphatic rings. The fourth-order valence-corrected chi connectivity index (χ4v) is 9.65. The summed E-state index contributed by atoms with van der Waals surface area (Å²) in [6.45, 7) is 0. The van der Waals surface area contributed by atoms with Crippen molar-refractivity contribution in [2.45, 2.75) is 0 Å². The van der Waals surface area contributed by atoms with Crippen LogP contribution in [-0.2, 0) is 0 Å². The highest BCUT2D eigenvalue weighted by molar-refractivity contribution is 7.26. The van der Waals surface area contributed by atoms with Crippen LogP contribution < -0.4 is 0 Å². The lowest BCUT2D eigenvalue weighted by Gasteiger charge is -2.11. The van der Waals surface area contributed by atoms with E-state index >= 15 is 0 Å². The standard InChI is InChI=1S/C54H32N4OS/c1-3-13-34(14-4-1)52-56-53(35-15-5-2-6-16-35)58-54(57-52)36-27-25-33(26-28-36)49-48-44-20-7-9-23-46(44)59-50(48)43-30-29-38(32-45(43)55-49)37-17-11-18-39(31-37)40-21-12-22-42-41-19-8-10-24-47(41)60-51(40)42/h1-32H. The Hall–Kier alpha value is -7.80. The summed E-state index contributed by atoms with van der Waals surface area (Å²) in [5.41, 5.74) is 11.8. The number of para-hydroxylation sites is 1. The van der Waals surface area contributed by atoms with Crippen molar-refractivity contribution in [1.29, 1.82) is 0 Å². The van der Waals surface area contributed by atoms with Crippen molar-refractivity contribution in [3.05, 3.63) is 194 Å². The normalized spacial score (nSPS) is 11.7. The van der Waals surface area contributed by atoms with Gasteiger partial charge in [0.25, 0.3) is 0 Å². The molecule has 0 amide bonds. The van der Waals surface area contributed by atoms with Gasteiger partial charge in [-0.2, -0.15) is 0 Å². The monoisotopic (exact) mass is 784 g/mol. The maximum absolute atomic E-state index is 6.65. The quantitative estimate of drug-likeness (QED) is 0.168. The van der Waals surface area contributed by atoms with E-state index in [1.54, 1.807) is 0 Å². The third-order valence-corrected chi connectivity index (χ3v) is 12.6. The Kier molecular flexibility index (Phi) is 7.96. The predicted octanol–water partition coefficient (Wildman–Crippen LogP) is 14.7. The van der Waals surface area contributed by atoms with Gasteiger partial charge in [-0.25, -0.2) is 19.9 Å². The third kappa shape index (κ3) is 5.76. The van der Waals surface area contributed by atoms with Gasteiger partial charge in [-0.1, -0.05) is 164 Å². The molecule has 6 heteroatoms. The van der Waals surface area contributed by atoms with Gasteiger partial charge in [0.05, 0.1) is 16.6 Å². The molecule has 12 rings (SSSR count). The van der Waals surface area contributed by atoms with Gasteiger partial charge in [0.1, 0.15) is 11.2 Å². The maximum Gasteiger partial charge on any atom is 0.164 e. The van der Waals surface area contributed by atoms with Gasteiger partial charge in [0.2, 0.25) is 0 Å².